The highest BCUT2D eigenvalue weighted by Gasteiger charge is 2.29. The third-order valence-electron chi connectivity index (χ3n) is 2.79. The van der Waals surface area contributed by atoms with Crippen molar-refractivity contribution in [3.63, 3.8) is 0 Å². The zero-order valence-electron chi connectivity index (χ0n) is 10.7. The predicted molar refractivity (Wildman–Crippen MR) is 79.0 cm³/mol. The van der Waals surface area contributed by atoms with Crippen molar-refractivity contribution in [2.75, 3.05) is 0 Å². The first-order valence-electron chi connectivity index (χ1n) is 6.01. The topological polar surface area (TPSA) is 17.1 Å². The van der Waals surface area contributed by atoms with Gasteiger partial charge in [0, 0.05) is 10.0 Å². The minimum Gasteiger partial charge on any atom is -0.289 e. The maximum absolute atomic E-state index is 12.4. The van der Waals surface area contributed by atoms with Crippen LogP contribution in [-0.4, -0.2) is 5.78 Å². The Morgan fingerprint density at radius 1 is 0.952 bits per heavy atom. The molecule has 2 aromatic rings. The Hall–Kier alpha value is -1.88. The van der Waals surface area contributed by atoms with E-state index in [1.54, 1.807) is 24.3 Å². The van der Waals surface area contributed by atoms with Crippen LogP contribution in [0.2, 0.25) is 0 Å². The zero-order chi connectivity index (χ0) is 15.5. The van der Waals surface area contributed by atoms with Crippen LogP contribution in [0.3, 0.4) is 0 Å². The van der Waals surface area contributed by atoms with Gasteiger partial charge in [-0.25, -0.2) is 0 Å². The average Bonchev–Trinajstić information content (AvgIpc) is 2.45. The number of allylic oxidation sites excluding steroid dienone is 1. The first-order chi connectivity index (χ1) is 9.86. The summed E-state index contributed by atoms with van der Waals surface area (Å²) in [6.45, 7) is 0. The summed E-state index contributed by atoms with van der Waals surface area (Å²) in [5.74, 6) is -0.206. The van der Waals surface area contributed by atoms with Crippen molar-refractivity contribution in [2.45, 2.75) is 6.18 Å². The van der Waals surface area contributed by atoms with Gasteiger partial charge in [0.25, 0.3) is 0 Å². The van der Waals surface area contributed by atoms with Gasteiger partial charge in [0.15, 0.2) is 5.78 Å². The van der Waals surface area contributed by atoms with Gasteiger partial charge >= 0.3 is 6.18 Å². The minimum atomic E-state index is -4.35. The van der Waals surface area contributed by atoms with Crippen molar-refractivity contribution < 1.29 is 18.0 Å². The van der Waals surface area contributed by atoms with Gasteiger partial charge in [0.1, 0.15) is 0 Å². The maximum Gasteiger partial charge on any atom is 0.416 e. The number of hydrogen-bond donors (Lipinski definition) is 0. The van der Waals surface area contributed by atoms with Gasteiger partial charge in [-0.05, 0) is 48.0 Å². The highest BCUT2D eigenvalue weighted by Crippen LogP contribution is 2.29. The molecule has 1 nitrogen and oxygen atoms in total. The SMILES string of the molecule is O=C(/C=C/c1ccc(C(F)(F)F)cc1)c1ccc(Br)cc1. The van der Waals surface area contributed by atoms with E-state index >= 15 is 0 Å². The summed E-state index contributed by atoms with van der Waals surface area (Å²) >= 11 is 3.27. The van der Waals surface area contributed by atoms with Crippen LogP contribution in [-0.2, 0) is 6.18 Å². The van der Waals surface area contributed by atoms with E-state index in [0.717, 1.165) is 16.6 Å². The smallest absolute Gasteiger partial charge is 0.289 e. The molecule has 0 amide bonds. The van der Waals surface area contributed by atoms with Gasteiger partial charge in [-0.1, -0.05) is 34.1 Å². The van der Waals surface area contributed by atoms with E-state index in [2.05, 4.69) is 15.9 Å². The second kappa shape index (κ2) is 6.26. The van der Waals surface area contributed by atoms with Crippen LogP contribution in [0.15, 0.2) is 59.1 Å². The molecule has 0 unspecified atom stereocenters. The van der Waals surface area contributed by atoms with Crippen molar-refractivity contribution in [3.05, 3.63) is 75.8 Å². The van der Waals surface area contributed by atoms with E-state index in [0.29, 0.717) is 11.1 Å². The van der Waals surface area contributed by atoms with Crippen molar-refractivity contribution in [3.8, 4) is 0 Å². The highest BCUT2D eigenvalue weighted by atomic mass is 79.9. The van der Waals surface area contributed by atoms with E-state index in [-0.39, 0.29) is 5.78 Å². The third-order valence-corrected chi connectivity index (χ3v) is 3.32. The summed E-state index contributed by atoms with van der Waals surface area (Å²) in [6.07, 6.45) is -1.52. The Bertz CT molecular complexity index is 655. The fourth-order valence-electron chi connectivity index (χ4n) is 1.67. The van der Waals surface area contributed by atoms with E-state index in [1.807, 2.05) is 0 Å². The molecule has 0 heterocycles. The fourth-order valence-corrected chi connectivity index (χ4v) is 1.93. The normalized spacial score (nSPS) is 11.8. The lowest BCUT2D eigenvalue weighted by atomic mass is 10.1. The molecule has 0 saturated heterocycles. The average molecular weight is 355 g/mol. The number of hydrogen-bond acceptors (Lipinski definition) is 1. The monoisotopic (exact) mass is 354 g/mol. The second-order valence-electron chi connectivity index (χ2n) is 4.32. The van der Waals surface area contributed by atoms with Crippen molar-refractivity contribution in [1.82, 2.24) is 0 Å². The fraction of sp³-hybridized carbons (Fsp3) is 0.0625. The minimum absolute atomic E-state index is 0.206. The Labute approximate surface area is 128 Å². The Morgan fingerprint density at radius 2 is 1.52 bits per heavy atom. The van der Waals surface area contributed by atoms with Crippen molar-refractivity contribution >= 4 is 27.8 Å². The maximum atomic E-state index is 12.4. The summed E-state index contributed by atoms with van der Waals surface area (Å²) < 4.78 is 38.1. The highest BCUT2D eigenvalue weighted by molar-refractivity contribution is 9.10. The number of ketones is 1. The molecular weight excluding hydrogens is 345 g/mol. The molecular formula is C16H10BrF3O. The third kappa shape index (κ3) is 4.29. The number of carbonyl (C=O) groups is 1. The first kappa shape index (κ1) is 15.5. The molecule has 0 aliphatic rings. The molecule has 0 bridgehead atoms. The summed E-state index contributed by atoms with van der Waals surface area (Å²) in [5, 5.41) is 0. The van der Waals surface area contributed by atoms with Gasteiger partial charge in [-0.3, -0.25) is 4.79 Å². The standard InChI is InChI=1S/C16H10BrF3O/c17-14-8-4-12(5-9-14)15(21)10-3-11-1-6-13(7-2-11)16(18,19)20/h1-10H/b10-3+. The molecule has 0 saturated carbocycles. The summed E-state index contributed by atoms with van der Waals surface area (Å²) in [7, 11) is 0. The molecule has 0 aliphatic heterocycles. The number of carbonyl (C=O) groups excluding carboxylic acids is 1. The molecule has 0 fully saturated rings. The summed E-state index contributed by atoms with van der Waals surface area (Å²) in [5.41, 5.74) is 0.341. The van der Waals surface area contributed by atoms with Gasteiger partial charge in [0.05, 0.1) is 5.56 Å². The second-order valence-corrected chi connectivity index (χ2v) is 5.24. The lowest BCUT2D eigenvalue weighted by Gasteiger charge is -2.05. The van der Waals surface area contributed by atoms with Gasteiger partial charge in [-0.15, -0.1) is 0 Å². The molecule has 21 heavy (non-hydrogen) atoms. The lowest BCUT2D eigenvalue weighted by Crippen LogP contribution is -2.04. The number of rotatable bonds is 3. The quantitative estimate of drug-likeness (QED) is 0.535. The molecule has 2 aromatic carbocycles. The Kier molecular flexibility index (Phi) is 4.63. The zero-order valence-corrected chi connectivity index (χ0v) is 12.3. The summed E-state index contributed by atoms with van der Waals surface area (Å²) in [6, 6.07) is 11.5. The van der Waals surface area contributed by atoms with Crippen LogP contribution >= 0.6 is 15.9 Å². The van der Waals surface area contributed by atoms with Crippen LogP contribution in [0.25, 0.3) is 6.08 Å². The van der Waals surface area contributed by atoms with E-state index in [4.69, 9.17) is 0 Å². The van der Waals surface area contributed by atoms with Crippen LogP contribution < -0.4 is 0 Å². The predicted octanol–water partition coefficient (Wildman–Crippen LogP) is 5.36. The largest absolute Gasteiger partial charge is 0.416 e. The first-order valence-corrected chi connectivity index (χ1v) is 6.81. The van der Waals surface area contributed by atoms with Crippen molar-refractivity contribution in [2.24, 2.45) is 0 Å². The molecule has 0 N–H and O–H groups in total. The number of alkyl halides is 3. The molecule has 0 aromatic heterocycles. The number of benzene rings is 2. The molecule has 5 heteroatoms. The van der Waals surface area contributed by atoms with Gasteiger partial charge in [0.2, 0.25) is 0 Å². The van der Waals surface area contributed by atoms with Gasteiger partial charge < -0.3 is 0 Å². The van der Waals surface area contributed by atoms with Gasteiger partial charge in [-0.2, -0.15) is 13.2 Å². The lowest BCUT2D eigenvalue weighted by molar-refractivity contribution is -0.137. The van der Waals surface area contributed by atoms with E-state index in [1.165, 1.54) is 24.3 Å². The van der Waals surface area contributed by atoms with Crippen LogP contribution in [0.1, 0.15) is 21.5 Å². The molecule has 0 spiro atoms. The van der Waals surface area contributed by atoms with Crippen LogP contribution in [0, 0.1) is 0 Å². The van der Waals surface area contributed by atoms with E-state index < -0.39 is 11.7 Å². The Morgan fingerprint density at radius 3 is 2.05 bits per heavy atom. The summed E-state index contributed by atoms with van der Waals surface area (Å²) in [4.78, 5) is 11.9. The van der Waals surface area contributed by atoms with Crippen LogP contribution in [0.4, 0.5) is 13.2 Å². The number of halogens is 4. The molecule has 0 radical (unpaired) electrons. The van der Waals surface area contributed by atoms with Crippen molar-refractivity contribution in [1.29, 1.82) is 0 Å². The molecule has 108 valence electrons. The molecule has 0 atom stereocenters. The molecule has 0 aliphatic carbocycles. The Balaban J connectivity index is 2.10. The van der Waals surface area contributed by atoms with Crippen LogP contribution in [0.5, 0.6) is 0 Å². The van der Waals surface area contributed by atoms with E-state index in [9.17, 15) is 18.0 Å². The molecule has 2 rings (SSSR count).